The summed E-state index contributed by atoms with van der Waals surface area (Å²) in [4.78, 5) is 0. The normalized spacial score (nSPS) is 25.5. The fourth-order valence-corrected chi connectivity index (χ4v) is 39.5. The molecule has 0 amide bonds. The topological polar surface area (TPSA) is 0 Å². The molecule has 0 saturated heterocycles. The third-order valence-corrected chi connectivity index (χ3v) is 30.3. The van der Waals surface area contributed by atoms with E-state index < -0.39 is 24.2 Å². The highest BCUT2D eigenvalue weighted by Crippen LogP contribution is 2.74. The molecule has 26 heavy (non-hydrogen) atoms. The van der Waals surface area contributed by atoms with Gasteiger partial charge in [-0.3, -0.25) is 0 Å². The molecule has 0 nitrogen and oxygen atoms in total. The van der Waals surface area contributed by atoms with Crippen molar-refractivity contribution in [2.24, 2.45) is 0 Å². The van der Waals surface area contributed by atoms with Crippen molar-refractivity contribution in [3.63, 3.8) is 0 Å². The smallest absolute Gasteiger partial charge is 0.0623 e. The number of benzene rings is 2. The molecule has 2 aliphatic heterocycles. The Labute approximate surface area is 163 Å². The number of hydrogen-bond donors (Lipinski definition) is 0. The average molecular weight is 395 g/mol. The van der Waals surface area contributed by atoms with Gasteiger partial charge in [-0.15, -0.1) is 0 Å². The third-order valence-electron chi connectivity index (χ3n) is 7.77. The maximum atomic E-state index is 2.76. The summed E-state index contributed by atoms with van der Waals surface area (Å²) in [6, 6.07) is 19.0. The Kier molecular flexibility index (Phi) is 3.78. The molecule has 2 aromatic rings. The highest BCUT2D eigenvalue weighted by molar-refractivity contribution is 7.16. The molecule has 138 valence electrons. The molecule has 0 atom stereocenters. The van der Waals surface area contributed by atoms with Crippen molar-refractivity contribution >= 4 is 24.2 Å². The fraction of sp³-hybridized carbons (Fsp3) is 0.478. The van der Waals surface area contributed by atoms with Gasteiger partial charge in [-0.05, 0) is 26.5 Å². The summed E-state index contributed by atoms with van der Waals surface area (Å²) >= 11 is 0. The van der Waals surface area contributed by atoms with Crippen LogP contribution in [0, 0.1) is 0 Å². The summed E-state index contributed by atoms with van der Waals surface area (Å²) in [7, 11) is -4.49. The van der Waals surface area contributed by atoms with Gasteiger partial charge in [0.15, 0.2) is 0 Å². The average Bonchev–Trinajstić information content (AvgIpc) is 2.51. The van der Waals surface area contributed by atoms with Gasteiger partial charge in [-0.1, -0.05) is 101 Å². The van der Waals surface area contributed by atoms with Gasteiger partial charge in [0.05, 0.1) is 8.07 Å². The van der Waals surface area contributed by atoms with Crippen LogP contribution in [-0.2, 0) is 0 Å². The molecule has 2 heterocycles. The van der Waals surface area contributed by atoms with Crippen LogP contribution in [0.2, 0.25) is 56.7 Å². The van der Waals surface area contributed by atoms with Crippen LogP contribution in [0.5, 0.6) is 0 Å². The summed E-state index contributed by atoms with van der Waals surface area (Å²) in [5, 5.41) is 0. The second kappa shape index (κ2) is 5.33. The lowest BCUT2D eigenvalue weighted by atomic mass is 9.77. The number of rotatable bonds is 2. The molecule has 2 aromatic carbocycles. The Morgan fingerprint density at radius 1 is 0.654 bits per heavy atom. The van der Waals surface area contributed by atoms with E-state index in [1.807, 2.05) is 0 Å². The van der Waals surface area contributed by atoms with Gasteiger partial charge in [0.25, 0.3) is 0 Å². The SMILES string of the molecule is C[Si](C)(C)C1([Si](C)(C)C)C2c3ccccc3C(c3ccccc32)[Si]1(C)C. The molecule has 0 spiro atoms. The van der Waals surface area contributed by atoms with E-state index in [-0.39, 0.29) is 0 Å². The molecule has 0 fully saturated rings. The van der Waals surface area contributed by atoms with E-state index in [4.69, 9.17) is 0 Å². The summed E-state index contributed by atoms with van der Waals surface area (Å²) in [5.41, 5.74) is 7.35. The van der Waals surface area contributed by atoms with Crippen molar-refractivity contribution in [3.8, 4) is 0 Å². The van der Waals surface area contributed by atoms with Crippen LogP contribution in [0.4, 0.5) is 0 Å². The largest absolute Gasteiger partial charge is 0.0695 e. The summed E-state index contributed by atoms with van der Waals surface area (Å²) in [5.74, 6) is 0.625. The van der Waals surface area contributed by atoms with E-state index in [0.717, 1.165) is 0 Å². The Morgan fingerprint density at radius 2 is 1.00 bits per heavy atom. The maximum Gasteiger partial charge on any atom is 0.0623 e. The monoisotopic (exact) mass is 394 g/mol. The van der Waals surface area contributed by atoms with E-state index in [9.17, 15) is 0 Å². The van der Waals surface area contributed by atoms with Crippen molar-refractivity contribution < 1.29 is 0 Å². The van der Waals surface area contributed by atoms with Crippen LogP contribution in [-0.4, -0.2) is 24.2 Å². The number of fused-ring (bicyclic) bond motifs is 1. The molecule has 0 radical (unpaired) electrons. The van der Waals surface area contributed by atoms with Crippen molar-refractivity contribution in [2.75, 3.05) is 0 Å². The molecule has 3 aliphatic rings. The van der Waals surface area contributed by atoms with Gasteiger partial charge in [0, 0.05) is 27.6 Å². The van der Waals surface area contributed by atoms with Gasteiger partial charge < -0.3 is 0 Å². The zero-order valence-corrected chi connectivity index (χ0v) is 20.8. The molecule has 0 unspecified atom stereocenters. The zero-order chi connectivity index (χ0) is 19.1. The van der Waals surface area contributed by atoms with Crippen LogP contribution in [0.1, 0.15) is 33.7 Å². The van der Waals surface area contributed by atoms with Crippen molar-refractivity contribution in [1.82, 2.24) is 0 Å². The van der Waals surface area contributed by atoms with E-state index >= 15 is 0 Å². The highest BCUT2D eigenvalue weighted by Gasteiger charge is 2.72. The Hall–Kier alpha value is -0.909. The molecule has 0 aromatic heterocycles. The van der Waals surface area contributed by atoms with Crippen LogP contribution in [0.25, 0.3) is 0 Å². The maximum absolute atomic E-state index is 2.76. The van der Waals surface area contributed by atoms with Gasteiger partial charge in [-0.25, -0.2) is 0 Å². The zero-order valence-electron chi connectivity index (χ0n) is 17.8. The molecule has 0 N–H and O–H groups in total. The first-order valence-electron chi connectivity index (χ1n) is 10.1. The van der Waals surface area contributed by atoms with Crippen LogP contribution in [0.15, 0.2) is 48.5 Å². The first-order chi connectivity index (χ1) is 12.0. The highest BCUT2D eigenvalue weighted by atomic mass is 28.5. The van der Waals surface area contributed by atoms with Gasteiger partial charge in [0.2, 0.25) is 0 Å². The lowest BCUT2D eigenvalue weighted by Gasteiger charge is -2.71. The minimum Gasteiger partial charge on any atom is -0.0695 e. The van der Waals surface area contributed by atoms with Gasteiger partial charge >= 0.3 is 0 Å². The van der Waals surface area contributed by atoms with Crippen LogP contribution < -0.4 is 0 Å². The van der Waals surface area contributed by atoms with Crippen LogP contribution in [0.3, 0.4) is 0 Å². The first-order valence-corrected chi connectivity index (χ1v) is 20.2. The molecule has 0 saturated carbocycles. The van der Waals surface area contributed by atoms with E-state index in [0.29, 0.717) is 15.7 Å². The second-order valence-electron chi connectivity index (χ2n) is 11.2. The molecular weight excluding hydrogens is 361 g/mol. The lowest BCUT2D eigenvalue weighted by Crippen LogP contribution is -2.74. The quantitative estimate of drug-likeness (QED) is 0.480. The fourth-order valence-electron chi connectivity index (χ4n) is 8.18. The summed E-state index contributed by atoms with van der Waals surface area (Å²) in [6.07, 6.45) is 0. The molecule has 5 rings (SSSR count). The Balaban J connectivity index is 2.21. The second-order valence-corrected chi connectivity index (χ2v) is 28.0. The number of hydrogen-bond acceptors (Lipinski definition) is 0. The molecule has 2 bridgehead atoms. The minimum atomic E-state index is -1.60. The van der Waals surface area contributed by atoms with Crippen molar-refractivity contribution in [1.29, 1.82) is 0 Å². The third kappa shape index (κ3) is 1.95. The summed E-state index contributed by atoms with van der Waals surface area (Å²) < 4.78 is 0.570. The molecule has 1 aliphatic carbocycles. The predicted molar refractivity (Wildman–Crippen MR) is 123 cm³/mol. The van der Waals surface area contributed by atoms with E-state index in [1.165, 1.54) is 0 Å². The standard InChI is InChI=1S/C23H34Si3/c1-24(2,3)23(25(4,5)6)21-17-13-9-11-15-19(17)22(26(23,7)8)20-16-12-10-14-18(20)21/h9-16,21-22H,1-8H3. The van der Waals surface area contributed by atoms with Gasteiger partial charge in [0.1, 0.15) is 0 Å². The summed E-state index contributed by atoms with van der Waals surface area (Å²) in [6.45, 7) is 21.6. The lowest BCUT2D eigenvalue weighted by molar-refractivity contribution is 0.648. The predicted octanol–water partition coefficient (Wildman–Crippen LogP) is 7.02. The minimum absolute atomic E-state index is 0.570. The van der Waals surface area contributed by atoms with Crippen molar-refractivity contribution in [3.05, 3.63) is 70.8 Å². The van der Waals surface area contributed by atoms with Crippen LogP contribution >= 0.6 is 0 Å². The van der Waals surface area contributed by atoms with Crippen molar-refractivity contribution in [2.45, 2.75) is 68.1 Å². The Morgan fingerprint density at radius 3 is 1.35 bits per heavy atom. The van der Waals surface area contributed by atoms with E-state index in [2.05, 4.69) is 101 Å². The van der Waals surface area contributed by atoms with Gasteiger partial charge in [-0.2, -0.15) is 0 Å². The molecular formula is C23H34Si3. The molecule has 3 heteroatoms. The first kappa shape index (κ1) is 18.5. The Bertz CT molecular complexity index is 806. The van der Waals surface area contributed by atoms with E-state index in [1.54, 1.807) is 22.3 Å².